The Morgan fingerprint density at radius 1 is 1.11 bits per heavy atom. The highest BCUT2D eigenvalue weighted by molar-refractivity contribution is 9.10. The Morgan fingerprint density at radius 2 is 1.89 bits per heavy atom. The molecule has 0 bridgehead atoms. The summed E-state index contributed by atoms with van der Waals surface area (Å²) >= 11 is 15.7. The summed E-state index contributed by atoms with van der Waals surface area (Å²) in [5.74, 6) is 1.16. The van der Waals surface area contributed by atoms with E-state index in [2.05, 4.69) is 15.9 Å². The molecule has 0 atom stereocenters. The Morgan fingerprint density at radius 3 is 2.63 bits per heavy atom. The predicted octanol–water partition coefficient (Wildman–Crippen LogP) is 5.05. The minimum absolute atomic E-state index is 0.529. The molecule has 0 spiro atoms. The van der Waals surface area contributed by atoms with Gasteiger partial charge in [0.15, 0.2) is 0 Å². The number of rotatable bonds is 4. The zero-order valence-corrected chi connectivity index (χ0v) is 13.1. The van der Waals surface area contributed by atoms with E-state index in [1.54, 1.807) is 18.2 Å². The van der Waals surface area contributed by atoms with Crippen LogP contribution in [0.15, 0.2) is 40.9 Å². The fourth-order valence-corrected chi connectivity index (χ4v) is 2.41. The quantitative estimate of drug-likeness (QED) is 0.827. The lowest BCUT2D eigenvalue weighted by molar-refractivity contribution is 0.476. The minimum atomic E-state index is 0.529. The van der Waals surface area contributed by atoms with Crippen LogP contribution >= 0.6 is 39.1 Å². The lowest BCUT2D eigenvalue weighted by Crippen LogP contribution is -2.04. The fourth-order valence-electron chi connectivity index (χ4n) is 1.69. The molecule has 0 aliphatic carbocycles. The maximum Gasteiger partial charge on any atom is 0.149 e. The van der Waals surface area contributed by atoms with Gasteiger partial charge in [-0.15, -0.1) is 0 Å². The largest absolute Gasteiger partial charge is 0.454 e. The molecule has 0 aliphatic heterocycles. The Kier molecular flexibility index (Phi) is 5.11. The van der Waals surface area contributed by atoms with Crippen LogP contribution in [0.1, 0.15) is 5.56 Å². The van der Waals surface area contributed by atoms with Gasteiger partial charge in [0.25, 0.3) is 0 Å². The van der Waals surface area contributed by atoms with E-state index in [9.17, 15) is 0 Å². The molecule has 0 amide bonds. The first kappa shape index (κ1) is 14.7. The van der Waals surface area contributed by atoms with Crippen LogP contribution in [-0.4, -0.2) is 6.54 Å². The highest BCUT2D eigenvalue weighted by atomic mass is 79.9. The normalized spacial score (nSPS) is 10.5. The van der Waals surface area contributed by atoms with Crippen molar-refractivity contribution in [2.45, 2.75) is 6.42 Å². The summed E-state index contributed by atoms with van der Waals surface area (Å²) in [6.45, 7) is 0.531. The van der Waals surface area contributed by atoms with E-state index >= 15 is 0 Å². The first-order chi connectivity index (χ1) is 9.11. The monoisotopic (exact) mass is 359 g/mol. The molecule has 0 saturated heterocycles. The molecule has 19 heavy (non-hydrogen) atoms. The number of nitrogens with two attached hydrogens (primary N) is 1. The molecule has 2 nitrogen and oxygen atoms in total. The van der Waals surface area contributed by atoms with E-state index in [1.807, 2.05) is 18.2 Å². The van der Waals surface area contributed by atoms with Crippen LogP contribution in [0.2, 0.25) is 10.0 Å². The zero-order chi connectivity index (χ0) is 13.8. The van der Waals surface area contributed by atoms with Gasteiger partial charge in [0.05, 0.1) is 10.0 Å². The molecule has 2 aromatic carbocycles. The van der Waals surface area contributed by atoms with Crippen LogP contribution in [0.3, 0.4) is 0 Å². The molecule has 2 aromatic rings. The van der Waals surface area contributed by atoms with Gasteiger partial charge in [0.2, 0.25) is 0 Å². The fraction of sp³-hybridized carbons (Fsp3) is 0.143. The van der Waals surface area contributed by atoms with Crippen LogP contribution in [0, 0.1) is 0 Å². The van der Waals surface area contributed by atoms with Gasteiger partial charge in [-0.1, -0.05) is 51.3 Å². The standard InChI is InChI=1S/C14H12BrCl2NO/c15-10-4-5-11(16)13(8-10)19-14-9(6-7-18)2-1-3-12(14)17/h1-5,8H,6-7,18H2. The first-order valence-electron chi connectivity index (χ1n) is 5.72. The number of ether oxygens (including phenoxy) is 1. The molecular formula is C14H12BrCl2NO. The van der Waals surface area contributed by atoms with E-state index in [4.69, 9.17) is 33.7 Å². The van der Waals surface area contributed by atoms with E-state index < -0.39 is 0 Å². The van der Waals surface area contributed by atoms with E-state index in [0.29, 0.717) is 34.5 Å². The third-order valence-electron chi connectivity index (χ3n) is 2.57. The molecule has 0 fully saturated rings. The van der Waals surface area contributed by atoms with Crippen molar-refractivity contribution in [2.75, 3.05) is 6.54 Å². The van der Waals surface area contributed by atoms with Crippen molar-refractivity contribution < 1.29 is 4.74 Å². The second-order valence-corrected chi connectivity index (χ2v) is 5.67. The van der Waals surface area contributed by atoms with Gasteiger partial charge in [-0.3, -0.25) is 0 Å². The lowest BCUT2D eigenvalue weighted by Gasteiger charge is -2.13. The van der Waals surface area contributed by atoms with Crippen molar-refractivity contribution in [1.29, 1.82) is 0 Å². The molecule has 5 heteroatoms. The minimum Gasteiger partial charge on any atom is -0.454 e. The Hall–Kier alpha value is -0.740. The van der Waals surface area contributed by atoms with Crippen molar-refractivity contribution in [3.05, 3.63) is 56.5 Å². The third-order valence-corrected chi connectivity index (χ3v) is 3.67. The lowest BCUT2D eigenvalue weighted by atomic mass is 10.1. The van der Waals surface area contributed by atoms with Gasteiger partial charge in [-0.05, 0) is 42.8 Å². The van der Waals surface area contributed by atoms with Gasteiger partial charge >= 0.3 is 0 Å². The maximum absolute atomic E-state index is 6.19. The average molecular weight is 361 g/mol. The number of benzene rings is 2. The maximum atomic E-state index is 6.19. The molecule has 2 N–H and O–H groups in total. The number of hydrogen-bond acceptors (Lipinski definition) is 2. The highest BCUT2D eigenvalue weighted by Crippen LogP contribution is 2.37. The van der Waals surface area contributed by atoms with Crippen molar-refractivity contribution in [2.24, 2.45) is 5.73 Å². The van der Waals surface area contributed by atoms with E-state index in [1.165, 1.54) is 0 Å². The Balaban J connectivity index is 2.39. The molecule has 0 saturated carbocycles. The van der Waals surface area contributed by atoms with Gasteiger partial charge in [0, 0.05) is 4.47 Å². The van der Waals surface area contributed by atoms with Crippen molar-refractivity contribution in [3.8, 4) is 11.5 Å². The summed E-state index contributed by atoms with van der Waals surface area (Å²) < 4.78 is 6.74. The number of hydrogen-bond donors (Lipinski definition) is 1. The molecule has 2 rings (SSSR count). The second kappa shape index (κ2) is 6.62. The second-order valence-electron chi connectivity index (χ2n) is 3.94. The van der Waals surface area contributed by atoms with Gasteiger partial charge in [0.1, 0.15) is 11.5 Å². The van der Waals surface area contributed by atoms with E-state index in [0.717, 1.165) is 10.0 Å². The summed E-state index contributed by atoms with van der Waals surface area (Å²) in [7, 11) is 0. The van der Waals surface area contributed by atoms with Crippen molar-refractivity contribution in [3.63, 3.8) is 0 Å². The first-order valence-corrected chi connectivity index (χ1v) is 7.27. The van der Waals surface area contributed by atoms with Crippen molar-refractivity contribution in [1.82, 2.24) is 0 Å². The number of halogens is 3. The predicted molar refractivity (Wildman–Crippen MR) is 83.4 cm³/mol. The summed E-state index contributed by atoms with van der Waals surface area (Å²) in [6.07, 6.45) is 0.696. The topological polar surface area (TPSA) is 35.2 Å². The summed E-state index contributed by atoms with van der Waals surface area (Å²) in [5.41, 5.74) is 6.56. The molecule has 0 aromatic heterocycles. The van der Waals surface area contributed by atoms with Crippen LogP contribution in [0.5, 0.6) is 11.5 Å². The average Bonchev–Trinajstić information content (AvgIpc) is 2.38. The highest BCUT2D eigenvalue weighted by Gasteiger charge is 2.11. The van der Waals surface area contributed by atoms with Crippen molar-refractivity contribution >= 4 is 39.1 Å². The summed E-state index contributed by atoms with van der Waals surface area (Å²) in [6, 6.07) is 11.0. The summed E-state index contributed by atoms with van der Waals surface area (Å²) in [5, 5.41) is 1.07. The molecule has 0 unspecified atom stereocenters. The summed E-state index contributed by atoms with van der Waals surface area (Å²) in [4.78, 5) is 0. The Labute approximate surface area is 130 Å². The van der Waals surface area contributed by atoms with Crippen LogP contribution in [0.4, 0.5) is 0 Å². The van der Waals surface area contributed by atoms with Crippen LogP contribution in [-0.2, 0) is 6.42 Å². The molecule has 0 heterocycles. The van der Waals surface area contributed by atoms with Gasteiger partial charge in [-0.2, -0.15) is 0 Å². The number of para-hydroxylation sites is 1. The van der Waals surface area contributed by atoms with Gasteiger partial charge < -0.3 is 10.5 Å². The zero-order valence-electron chi connectivity index (χ0n) is 10.00. The molecule has 0 radical (unpaired) electrons. The SMILES string of the molecule is NCCc1cccc(Cl)c1Oc1cc(Br)ccc1Cl. The molecular weight excluding hydrogens is 349 g/mol. The van der Waals surface area contributed by atoms with Crippen LogP contribution in [0.25, 0.3) is 0 Å². The third kappa shape index (κ3) is 3.63. The molecule has 0 aliphatic rings. The van der Waals surface area contributed by atoms with Crippen LogP contribution < -0.4 is 10.5 Å². The molecule has 100 valence electrons. The Bertz CT molecular complexity index is 590. The smallest absolute Gasteiger partial charge is 0.149 e. The van der Waals surface area contributed by atoms with Gasteiger partial charge in [-0.25, -0.2) is 0 Å². The van der Waals surface area contributed by atoms with E-state index in [-0.39, 0.29) is 0 Å².